The molecule has 0 saturated carbocycles. The fraction of sp³-hybridized carbons (Fsp3) is 0.188. The number of carbonyl (C=O) groups is 1. The zero-order valence-corrected chi connectivity index (χ0v) is 13.2. The average Bonchev–Trinajstić information content (AvgIpc) is 2.50. The Bertz CT molecular complexity index is 689. The van der Waals surface area contributed by atoms with E-state index in [1.165, 1.54) is 0 Å². The fourth-order valence-corrected chi connectivity index (χ4v) is 2.18. The molecule has 0 aromatic heterocycles. The van der Waals surface area contributed by atoms with Gasteiger partial charge in [0, 0.05) is 17.1 Å². The van der Waals surface area contributed by atoms with Gasteiger partial charge in [-0.2, -0.15) is 0 Å². The van der Waals surface area contributed by atoms with E-state index in [4.69, 9.17) is 22.1 Å². The molecule has 0 aliphatic heterocycles. The van der Waals surface area contributed by atoms with Crippen molar-refractivity contribution >= 4 is 34.6 Å². The number of halogens is 1. The number of hydrogen-bond donors (Lipinski definition) is 3. The summed E-state index contributed by atoms with van der Waals surface area (Å²) in [5.74, 6) is 0.498. The average molecular weight is 320 g/mol. The molecular weight excluding hydrogens is 302 g/mol. The van der Waals surface area contributed by atoms with Crippen LogP contribution in [0.3, 0.4) is 0 Å². The summed E-state index contributed by atoms with van der Waals surface area (Å²) in [4.78, 5) is 11.8. The minimum atomic E-state index is -0.152. The maximum atomic E-state index is 11.8. The second-order valence-corrected chi connectivity index (χ2v) is 5.07. The van der Waals surface area contributed by atoms with Crippen LogP contribution in [-0.2, 0) is 0 Å². The maximum Gasteiger partial charge on any atom is 0.251 e. The molecule has 0 heterocycles. The fourth-order valence-electron chi connectivity index (χ4n) is 2.00. The number of carbonyl (C=O) groups excluding carboxylic acids is 1. The Balaban J connectivity index is 2.27. The predicted molar refractivity (Wildman–Crippen MR) is 90.1 cm³/mol. The van der Waals surface area contributed by atoms with Crippen LogP contribution in [0.4, 0.5) is 17.1 Å². The van der Waals surface area contributed by atoms with Crippen molar-refractivity contribution in [3.8, 4) is 5.75 Å². The lowest BCUT2D eigenvalue weighted by Crippen LogP contribution is -2.22. The first-order chi connectivity index (χ1) is 10.5. The lowest BCUT2D eigenvalue weighted by molar-refractivity contribution is 0.0956. The molecule has 0 aliphatic rings. The van der Waals surface area contributed by atoms with E-state index in [1.807, 2.05) is 6.92 Å². The maximum absolute atomic E-state index is 11.8. The van der Waals surface area contributed by atoms with Crippen molar-refractivity contribution in [2.45, 2.75) is 6.92 Å². The van der Waals surface area contributed by atoms with E-state index in [2.05, 4.69) is 10.6 Å². The number of methoxy groups -OCH3 is 1. The number of amides is 1. The molecule has 0 bridgehead atoms. The summed E-state index contributed by atoms with van der Waals surface area (Å²) in [7, 11) is 1.58. The third-order valence-corrected chi connectivity index (χ3v) is 3.32. The lowest BCUT2D eigenvalue weighted by Gasteiger charge is -2.14. The molecular formula is C16H18ClN3O2. The first-order valence-electron chi connectivity index (χ1n) is 6.83. The molecule has 2 aromatic rings. The van der Waals surface area contributed by atoms with Crippen LogP contribution >= 0.6 is 11.6 Å². The highest BCUT2D eigenvalue weighted by atomic mass is 35.5. The molecule has 0 atom stereocenters. The van der Waals surface area contributed by atoms with E-state index in [-0.39, 0.29) is 5.91 Å². The molecule has 2 rings (SSSR count). The minimum absolute atomic E-state index is 0.152. The number of benzene rings is 2. The second kappa shape index (κ2) is 7.04. The van der Waals surface area contributed by atoms with E-state index in [0.29, 0.717) is 39.9 Å². The van der Waals surface area contributed by atoms with Gasteiger partial charge in [-0.25, -0.2) is 0 Å². The molecule has 6 heteroatoms. The molecule has 0 saturated heterocycles. The van der Waals surface area contributed by atoms with Crippen LogP contribution in [0.5, 0.6) is 5.75 Å². The van der Waals surface area contributed by atoms with Crippen molar-refractivity contribution in [1.29, 1.82) is 0 Å². The van der Waals surface area contributed by atoms with Crippen molar-refractivity contribution in [2.75, 3.05) is 24.7 Å². The molecule has 5 nitrogen and oxygen atoms in total. The van der Waals surface area contributed by atoms with E-state index in [1.54, 1.807) is 43.5 Å². The van der Waals surface area contributed by atoms with Crippen molar-refractivity contribution in [2.24, 2.45) is 0 Å². The Morgan fingerprint density at radius 3 is 2.64 bits per heavy atom. The molecule has 0 spiro atoms. The van der Waals surface area contributed by atoms with Crippen LogP contribution in [0, 0.1) is 0 Å². The number of hydrogen-bond acceptors (Lipinski definition) is 4. The van der Waals surface area contributed by atoms with Crippen LogP contribution < -0.4 is 21.1 Å². The third kappa shape index (κ3) is 3.62. The standard InChI is InChI=1S/C16H18ClN3O2/c1-3-19-16(21)10-4-6-13(12(18)8-10)20-14-9-11(17)5-7-15(14)22-2/h4-9,20H,3,18H2,1-2H3,(H,19,21). The SMILES string of the molecule is CCNC(=O)c1ccc(Nc2cc(Cl)ccc2OC)c(N)c1. The Hall–Kier alpha value is -2.40. The Kier molecular flexibility index (Phi) is 5.12. The van der Waals surface area contributed by atoms with Gasteiger partial charge in [-0.1, -0.05) is 11.6 Å². The van der Waals surface area contributed by atoms with Gasteiger partial charge in [0.2, 0.25) is 0 Å². The molecule has 4 N–H and O–H groups in total. The van der Waals surface area contributed by atoms with E-state index in [9.17, 15) is 4.79 Å². The van der Waals surface area contributed by atoms with Gasteiger partial charge in [0.1, 0.15) is 5.75 Å². The lowest BCUT2D eigenvalue weighted by atomic mass is 10.1. The van der Waals surface area contributed by atoms with Crippen LogP contribution in [0.25, 0.3) is 0 Å². The summed E-state index contributed by atoms with van der Waals surface area (Å²) in [5.41, 5.74) is 8.37. The summed E-state index contributed by atoms with van der Waals surface area (Å²) in [6.45, 7) is 2.43. The third-order valence-electron chi connectivity index (χ3n) is 3.08. The highest BCUT2D eigenvalue weighted by Crippen LogP contribution is 2.32. The first kappa shape index (κ1) is 16.0. The van der Waals surface area contributed by atoms with Gasteiger partial charge in [0.05, 0.1) is 24.2 Å². The summed E-state index contributed by atoms with van der Waals surface area (Å²) in [5, 5.41) is 6.48. The quantitative estimate of drug-likeness (QED) is 0.738. The normalized spacial score (nSPS) is 10.1. The van der Waals surface area contributed by atoms with Crippen molar-refractivity contribution in [3.05, 3.63) is 47.0 Å². The predicted octanol–water partition coefficient (Wildman–Crippen LogP) is 3.42. The van der Waals surface area contributed by atoms with Crippen LogP contribution in [0.2, 0.25) is 5.02 Å². The molecule has 0 aliphatic carbocycles. The highest BCUT2D eigenvalue weighted by molar-refractivity contribution is 6.31. The molecule has 1 amide bonds. The zero-order chi connectivity index (χ0) is 16.1. The largest absolute Gasteiger partial charge is 0.495 e. The zero-order valence-electron chi connectivity index (χ0n) is 12.4. The molecule has 116 valence electrons. The highest BCUT2D eigenvalue weighted by Gasteiger charge is 2.09. The summed E-state index contributed by atoms with van der Waals surface area (Å²) in [6.07, 6.45) is 0. The Morgan fingerprint density at radius 2 is 2.00 bits per heavy atom. The molecule has 0 unspecified atom stereocenters. The molecule has 0 radical (unpaired) electrons. The van der Waals surface area contributed by atoms with Gasteiger partial charge >= 0.3 is 0 Å². The molecule has 0 fully saturated rings. The van der Waals surface area contributed by atoms with Gasteiger partial charge in [-0.15, -0.1) is 0 Å². The van der Waals surface area contributed by atoms with Crippen molar-refractivity contribution < 1.29 is 9.53 Å². The van der Waals surface area contributed by atoms with Gasteiger partial charge in [0.25, 0.3) is 5.91 Å². The van der Waals surface area contributed by atoms with Crippen LogP contribution in [-0.4, -0.2) is 19.6 Å². The number of nitrogens with two attached hydrogens (primary N) is 1. The van der Waals surface area contributed by atoms with E-state index in [0.717, 1.165) is 0 Å². The Labute approximate surface area is 134 Å². The number of anilines is 3. The topological polar surface area (TPSA) is 76.4 Å². The molecule has 2 aromatic carbocycles. The smallest absolute Gasteiger partial charge is 0.251 e. The number of ether oxygens (including phenoxy) is 1. The van der Waals surface area contributed by atoms with Crippen molar-refractivity contribution in [1.82, 2.24) is 5.32 Å². The number of rotatable bonds is 5. The van der Waals surface area contributed by atoms with Gasteiger partial charge in [0.15, 0.2) is 0 Å². The van der Waals surface area contributed by atoms with Crippen LogP contribution in [0.15, 0.2) is 36.4 Å². The van der Waals surface area contributed by atoms with Crippen molar-refractivity contribution in [3.63, 3.8) is 0 Å². The number of nitrogen functional groups attached to an aromatic ring is 1. The monoisotopic (exact) mass is 319 g/mol. The van der Waals surface area contributed by atoms with E-state index < -0.39 is 0 Å². The molecule has 22 heavy (non-hydrogen) atoms. The summed E-state index contributed by atoms with van der Waals surface area (Å²) < 4.78 is 5.28. The number of nitrogens with one attached hydrogen (secondary N) is 2. The van der Waals surface area contributed by atoms with Gasteiger partial charge < -0.3 is 21.1 Å². The summed E-state index contributed by atoms with van der Waals surface area (Å²) >= 11 is 6.00. The second-order valence-electron chi connectivity index (χ2n) is 4.63. The Morgan fingerprint density at radius 1 is 1.23 bits per heavy atom. The van der Waals surface area contributed by atoms with E-state index >= 15 is 0 Å². The summed E-state index contributed by atoms with van der Waals surface area (Å²) in [6, 6.07) is 10.3. The van der Waals surface area contributed by atoms with Gasteiger partial charge in [-0.3, -0.25) is 4.79 Å². The van der Waals surface area contributed by atoms with Gasteiger partial charge in [-0.05, 0) is 43.3 Å². The first-order valence-corrected chi connectivity index (χ1v) is 7.21. The van der Waals surface area contributed by atoms with Crippen LogP contribution in [0.1, 0.15) is 17.3 Å². The minimum Gasteiger partial charge on any atom is -0.495 e.